The summed E-state index contributed by atoms with van der Waals surface area (Å²) in [5.41, 5.74) is 2.23. The summed E-state index contributed by atoms with van der Waals surface area (Å²) in [5, 5.41) is 7.02. The van der Waals surface area contributed by atoms with Gasteiger partial charge in [-0.25, -0.2) is 4.98 Å². The maximum atomic E-state index is 6.15. The van der Waals surface area contributed by atoms with Crippen LogP contribution in [0.25, 0.3) is 0 Å². The zero-order valence-corrected chi connectivity index (χ0v) is 17.5. The van der Waals surface area contributed by atoms with Crippen LogP contribution in [0.4, 0.5) is 0 Å². The fourth-order valence-electron chi connectivity index (χ4n) is 2.90. The molecular formula is C21H27ClN4O3. The van der Waals surface area contributed by atoms with Crippen LogP contribution in [0.3, 0.4) is 0 Å². The number of nitrogens with one attached hydrogen (secondary N) is 2. The van der Waals surface area contributed by atoms with Gasteiger partial charge in [0.05, 0.1) is 19.8 Å². The zero-order valence-electron chi connectivity index (χ0n) is 16.8. The molecule has 0 saturated carbocycles. The van der Waals surface area contributed by atoms with Gasteiger partial charge >= 0.3 is 0 Å². The molecule has 3 rings (SSSR count). The maximum Gasteiger partial charge on any atom is 0.232 e. The number of aromatic nitrogens is 1. The summed E-state index contributed by atoms with van der Waals surface area (Å²) in [4.78, 5) is 8.35. The lowest BCUT2D eigenvalue weighted by Crippen LogP contribution is -2.39. The smallest absolute Gasteiger partial charge is 0.232 e. The van der Waals surface area contributed by atoms with E-state index in [9.17, 15) is 0 Å². The van der Waals surface area contributed by atoms with Gasteiger partial charge in [0.15, 0.2) is 5.96 Å². The second-order valence-corrected chi connectivity index (χ2v) is 7.11. The molecular weight excluding hydrogens is 392 g/mol. The molecule has 1 aromatic carbocycles. The summed E-state index contributed by atoms with van der Waals surface area (Å²) in [6.45, 7) is 5.03. The van der Waals surface area contributed by atoms with Gasteiger partial charge in [-0.15, -0.1) is 0 Å². The molecule has 1 fully saturated rings. The Hall–Kier alpha value is -2.51. The predicted octanol–water partition coefficient (Wildman–Crippen LogP) is 2.96. The minimum absolute atomic E-state index is 0.114. The monoisotopic (exact) mass is 418 g/mol. The molecule has 0 spiro atoms. The first kappa shape index (κ1) is 21.2. The average molecular weight is 419 g/mol. The minimum atomic E-state index is 0.114. The van der Waals surface area contributed by atoms with Crippen LogP contribution in [-0.4, -0.2) is 50.5 Å². The molecule has 0 radical (unpaired) electrons. The van der Waals surface area contributed by atoms with Crippen LogP contribution in [0, 0.1) is 6.92 Å². The Labute approximate surface area is 176 Å². The molecule has 2 heterocycles. The summed E-state index contributed by atoms with van der Waals surface area (Å²) in [5.74, 6) is 1.99. The van der Waals surface area contributed by atoms with Crippen LogP contribution in [-0.2, 0) is 11.3 Å². The van der Waals surface area contributed by atoms with Crippen LogP contribution in [0.1, 0.15) is 17.5 Å². The quantitative estimate of drug-likeness (QED) is 0.390. The number of guanidine groups is 1. The summed E-state index contributed by atoms with van der Waals surface area (Å²) < 4.78 is 17.1. The van der Waals surface area contributed by atoms with E-state index in [4.69, 9.17) is 25.8 Å². The number of benzene rings is 1. The van der Waals surface area contributed by atoms with Gasteiger partial charge in [-0.2, -0.15) is 0 Å². The fraction of sp³-hybridized carbons (Fsp3) is 0.429. The van der Waals surface area contributed by atoms with Crippen molar-refractivity contribution in [1.29, 1.82) is 0 Å². The van der Waals surface area contributed by atoms with Crippen molar-refractivity contribution in [3.05, 3.63) is 52.7 Å². The van der Waals surface area contributed by atoms with E-state index in [1.807, 2.05) is 0 Å². The highest BCUT2D eigenvalue weighted by atomic mass is 35.5. The van der Waals surface area contributed by atoms with E-state index in [0.717, 1.165) is 29.9 Å². The largest absolute Gasteiger partial charge is 0.488 e. The highest BCUT2D eigenvalue weighted by molar-refractivity contribution is 6.31. The van der Waals surface area contributed by atoms with Crippen molar-refractivity contribution in [2.75, 3.05) is 33.4 Å². The highest BCUT2D eigenvalue weighted by Gasteiger charge is 2.18. The average Bonchev–Trinajstić information content (AvgIpc) is 3.23. The number of aryl methyl sites for hydroxylation is 1. The number of pyridine rings is 1. The molecule has 2 N–H and O–H groups in total. The van der Waals surface area contributed by atoms with Gasteiger partial charge in [0.2, 0.25) is 5.88 Å². The SMILES string of the molecule is CN=C(NCCOc1ncccc1Cl)NCc1ccc(C)cc1OC1CCOC1. The van der Waals surface area contributed by atoms with E-state index in [-0.39, 0.29) is 6.10 Å². The third-order valence-electron chi connectivity index (χ3n) is 4.43. The van der Waals surface area contributed by atoms with Crippen LogP contribution < -0.4 is 20.1 Å². The Morgan fingerprint density at radius 1 is 1.34 bits per heavy atom. The lowest BCUT2D eigenvalue weighted by atomic mass is 10.1. The molecule has 1 aromatic heterocycles. The highest BCUT2D eigenvalue weighted by Crippen LogP contribution is 2.24. The van der Waals surface area contributed by atoms with Gasteiger partial charge in [-0.05, 0) is 30.7 Å². The Balaban J connectivity index is 1.48. The molecule has 8 heteroatoms. The summed E-state index contributed by atoms with van der Waals surface area (Å²) in [6.07, 6.45) is 2.68. The summed E-state index contributed by atoms with van der Waals surface area (Å²) in [7, 11) is 1.73. The summed E-state index contributed by atoms with van der Waals surface area (Å²) in [6, 6.07) is 9.73. The van der Waals surface area contributed by atoms with E-state index in [2.05, 4.69) is 45.7 Å². The molecule has 29 heavy (non-hydrogen) atoms. The van der Waals surface area contributed by atoms with Gasteiger partial charge in [0.1, 0.15) is 23.5 Å². The van der Waals surface area contributed by atoms with Crippen molar-refractivity contribution >= 4 is 17.6 Å². The minimum Gasteiger partial charge on any atom is -0.488 e. The normalized spacial score (nSPS) is 16.5. The number of halogens is 1. The molecule has 156 valence electrons. The first-order chi connectivity index (χ1) is 14.2. The second-order valence-electron chi connectivity index (χ2n) is 6.71. The molecule has 2 aromatic rings. The molecule has 0 bridgehead atoms. The first-order valence-electron chi connectivity index (χ1n) is 9.67. The van der Waals surface area contributed by atoms with Gasteiger partial charge in [0.25, 0.3) is 0 Å². The van der Waals surface area contributed by atoms with Crippen molar-refractivity contribution in [2.45, 2.75) is 26.0 Å². The van der Waals surface area contributed by atoms with E-state index in [1.54, 1.807) is 25.4 Å². The molecule has 1 aliphatic rings. The molecule has 0 aliphatic carbocycles. The fourth-order valence-corrected chi connectivity index (χ4v) is 3.07. The Bertz CT molecular complexity index is 825. The number of hydrogen-bond donors (Lipinski definition) is 2. The Morgan fingerprint density at radius 2 is 2.24 bits per heavy atom. The van der Waals surface area contributed by atoms with E-state index < -0.39 is 0 Å². The van der Waals surface area contributed by atoms with Crippen LogP contribution in [0.15, 0.2) is 41.5 Å². The number of nitrogens with zero attached hydrogens (tertiary/aromatic N) is 2. The molecule has 7 nitrogen and oxygen atoms in total. The van der Waals surface area contributed by atoms with Crippen molar-refractivity contribution in [1.82, 2.24) is 15.6 Å². The van der Waals surface area contributed by atoms with Gasteiger partial charge in [-0.3, -0.25) is 4.99 Å². The first-order valence-corrected chi connectivity index (χ1v) is 10.1. The maximum absolute atomic E-state index is 6.15. The second kappa shape index (κ2) is 10.9. The van der Waals surface area contributed by atoms with E-state index in [1.165, 1.54) is 0 Å². The van der Waals surface area contributed by atoms with Gasteiger partial charge < -0.3 is 24.8 Å². The number of aliphatic imine (C=N–C) groups is 1. The predicted molar refractivity (Wildman–Crippen MR) is 114 cm³/mol. The standard InChI is InChI=1S/C21H27ClN4O3/c1-15-5-6-16(19(12-15)29-17-7-10-27-14-17)13-26-21(23-2)25-9-11-28-20-18(22)4-3-8-24-20/h3-6,8,12,17H,7,9-11,13-14H2,1-2H3,(H2,23,25,26). The van der Waals surface area contributed by atoms with Crippen molar-refractivity contribution in [3.63, 3.8) is 0 Å². The Kier molecular flexibility index (Phi) is 7.95. The molecule has 1 atom stereocenters. The van der Waals surface area contributed by atoms with Crippen molar-refractivity contribution < 1.29 is 14.2 Å². The number of ether oxygens (including phenoxy) is 3. The van der Waals surface area contributed by atoms with E-state index >= 15 is 0 Å². The van der Waals surface area contributed by atoms with Crippen molar-refractivity contribution in [3.8, 4) is 11.6 Å². The van der Waals surface area contributed by atoms with Crippen LogP contribution in [0.5, 0.6) is 11.6 Å². The Morgan fingerprint density at radius 3 is 3.00 bits per heavy atom. The molecule has 1 unspecified atom stereocenters. The topological polar surface area (TPSA) is 77.0 Å². The van der Waals surface area contributed by atoms with Crippen LogP contribution >= 0.6 is 11.6 Å². The zero-order chi connectivity index (χ0) is 20.5. The lowest BCUT2D eigenvalue weighted by molar-refractivity contribution is 0.140. The number of hydrogen-bond acceptors (Lipinski definition) is 5. The van der Waals surface area contributed by atoms with Crippen LogP contribution in [0.2, 0.25) is 5.02 Å². The molecule has 1 saturated heterocycles. The van der Waals surface area contributed by atoms with Gasteiger partial charge in [0, 0.05) is 31.8 Å². The molecule has 1 aliphatic heterocycles. The third-order valence-corrected chi connectivity index (χ3v) is 4.72. The van der Waals surface area contributed by atoms with E-state index in [0.29, 0.717) is 43.2 Å². The third kappa shape index (κ3) is 6.51. The molecule has 0 amide bonds. The lowest BCUT2D eigenvalue weighted by Gasteiger charge is -2.18. The van der Waals surface area contributed by atoms with Crippen molar-refractivity contribution in [2.24, 2.45) is 4.99 Å². The van der Waals surface area contributed by atoms with Gasteiger partial charge in [-0.1, -0.05) is 23.7 Å². The summed E-state index contributed by atoms with van der Waals surface area (Å²) >= 11 is 6.03. The number of rotatable bonds is 8.